The predicted molar refractivity (Wildman–Crippen MR) is 131 cm³/mol. The number of piperidine rings is 1. The van der Waals surface area contributed by atoms with Gasteiger partial charge in [0.25, 0.3) is 5.91 Å². The Labute approximate surface area is 199 Å². The first-order chi connectivity index (χ1) is 15.9. The van der Waals surface area contributed by atoms with Gasteiger partial charge < -0.3 is 19.9 Å². The lowest BCUT2D eigenvalue weighted by atomic mass is 9.84. The van der Waals surface area contributed by atoms with E-state index < -0.39 is 0 Å². The van der Waals surface area contributed by atoms with Gasteiger partial charge in [-0.25, -0.2) is 0 Å². The van der Waals surface area contributed by atoms with Gasteiger partial charge in [0.2, 0.25) is 5.91 Å². The van der Waals surface area contributed by atoms with Gasteiger partial charge in [0, 0.05) is 41.5 Å². The monoisotopic (exact) mass is 467 g/mol. The Bertz CT molecular complexity index is 1120. The lowest BCUT2D eigenvalue weighted by Gasteiger charge is -2.34. The van der Waals surface area contributed by atoms with E-state index in [2.05, 4.69) is 10.3 Å². The molecule has 0 radical (unpaired) electrons. The molecule has 2 aromatic carbocycles. The summed E-state index contributed by atoms with van der Waals surface area (Å²) in [5.74, 6) is 1.05. The molecule has 1 fully saturated rings. The number of aromatic nitrogens is 1. The number of hydrogen-bond donors (Lipinski definition) is 2. The normalized spacial score (nSPS) is 15.4. The number of fused-ring (bicyclic) bond motifs is 1. The van der Waals surface area contributed by atoms with Gasteiger partial charge >= 0.3 is 0 Å². The van der Waals surface area contributed by atoms with E-state index in [1.54, 1.807) is 0 Å². The number of rotatable bonds is 7. The number of carbonyl (C=O) groups is 2. The molecule has 2 heterocycles. The van der Waals surface area contributed by atoms with Crippen LogP contribution in [-0.2, 0) is 11.3 Å². The molecule has 33 heavy (non-hydrogen) atoms. The Morgan fingerprint density at radius 3 is 2.58 bits per heavy atom. The number of ether oxygens (including phenoxy) is 1. The van der Waals surface area contributed by atoms with Crippen molar-refractivity contribution in [2.75, 3.05) is 19.7 Å². The highest BCUT2D eigenvalue weighted by atomic mass is 35.5. The Morgan fingerprint density at radius 2 is 1.88 bits per heavy atom. The topological polar surface area (TPSA) is 74.4 Å². The van der Waals surface area contributed by atoms with Crippen LogP contribution in [-0.4, -0.2) is 41.4 Å². The summed E-state index contributed by atoms with van der Waals surface area (Å²) in [6.07, 6.45) is 1.63. The molecule has 0 saturated carbocycles. The smallest absolute Gasteiger partial charge is 0.270 e. The number of nitrogens with one attached hydrogen (secondary N) is 2. The third-order valence-electron chi connectivity index (χ3n) is 6.46. The quantitative estimate of drug-likeness (QED) is 0.512. The van der Waals surface area contributed by atoms with E-state index in [1.165, 1.54) is 0 Å². The summed E-state index contributed by atoms with van der Waals surface area (Å²) in [6, 6.07) is 15.2. The van der Waals surface area contributed by atoms with Gasteiger partial charge in [0.05, 0.1) is 6.61 Å². The molecule has 1 aliphatic rings. The zero-order chi connectivity index (χ0) is 23.4. The Kier molecular flexibility index (Phi) is 7.23. The number of likely N-dealkylation sites (tertiary alicyclic amines) is 1. The molecular weight excluding hydrogens is 438 g/mol. The van der Waals surface area contributed by atoms with E-state index >= 15 is 0 Å². The first kappa shape index (κ1) is 23.2. The number of halogens is 1. The molecule has 7 heteroatoms. The van der Waals surface area contributed by atoms with Crippen LogP contribution in [0.15, 0.2) is 48.5 Å². The van der Waals surface area contributed by atoms with Crippen LogP contribution in [0.2, 0.25) is 5.02 Å². The highest BCUT2D eigenvalue weighted by Gasteiger charge is 2.30. The highest BCUT2D eigenvalue weighted by molar-refractivity contribution is 6.31. The maximum Gasteiger partial charge on any atom is 0.270 e. The summed E-state index contributed by atoms with van der Waals surface area (Å²) in [5, 5.41) is 4.63. The predicted octanol–water partition coefficient (Wildman–Crippen LogP) is 5.02. The summed E-state index contributed by atoms with van der Waals surface area (Å²) in [6.45, 7) is 6.36. The van der Waals surface area contributed by atoms with E-state index in [-0.39, 0.29) is 23.7 Å². The fraction of sp³-hybridized carbons (Fsp3) is 0.385. The molecule has 0 bridgehead atoms. The number of carbonyl (C=O) groups excluding carboxylic acids is 2. The minimum atomic E-state index is -0.0971. The number of nitrogens with zero attached hydrogens (tertiary/aromatic N) is 1. The molecule has 0 unspecified atom stereocenters. The average molecular weight is 468 g/mol. The van der Waals surface area contributed by atoms with Crippen LogP contribution in [0.5, 0.6) is 5.75 Å². The van der Waals surface area contributed by atoms with Crippen molar-refractivity contribution in [2.45, 2.75) is 33.2 Å². The fourth-order valence-corrected chi connectivity index (χ4v) is 4.61. The van der Waals surface area contributed by atoms with Gasteiger partial charge in [-0.05, 0) is 67.6 Å². The molecule has 1 aliphatic heterocycles. The lowest BCUT2D eigenvalue weighted by molar-refractivity contribution is -0.126. The standard InChI is InChI=1S/C26H30ClN3O3/c1-3-33-22-7-4-18(5-8-22)16-28-25(31)17(2)19-10-12-30(13-11-19)26(32)24-15-20-14-21(27)6-9-23(20)29-24/h4-9,14-15,17,19,29H,3,10-13,16H2,1-2H3,(H,28,31)/t17-/m1/s1. The number of hydrogen-bond acceptors (Lipinski definition) is 3. The van der Waals surface area contributed by atoms with Crippen LogP contribution in [0.1, 0.15) is 42.7 Å². The van der Waals surface area contributed by atoms with Crippen molar-refractivity contribution in [2.24, 2.45) is 11.8 Å². The summed E-state index contributed by atoms with van der Waals surface area (Å²) in [7, 11) is 0. The van der Waals surface area contributed by atoms with Crippen molar-refractivity contribution < 1.29 is 14.3 Å². The van der Waals surface area contributed by atoms with Crippen molar-refractivity contribution in [3.8, 4) is 5.75 Å². The van der Waals surface area contributed by atoms with Crippen LogP contribution >= 0.6 is 11.6 Å². The number of H-pyrrole nitrogens is 1. The minimum Gasteiger partial charge on any atom is -0.494 e. The van der Waals surface area contributed by atoms with Crippen molar-refractivity contribution in [1.29, 1.82) is 0 Å². The highest BCUT2D eigenvalue weighted by Crippen LogP contribution is 2.27. The molecule has 4 rings (SSSR count). The number of aromatic amines is 1. The molecule has 2 N–H and O–H groups in total. The summed E-state index contributed by atoms with van der Waals surface area (Å²) in [4.78, 5) is 30.7. The second kappa shape index (κ2) is 10.3. The van der Waals surface area contributed by atoms with Gasteiger partial charge in [-0.3, -0.25) is 9.59 Å². The maximum absolute atomic E-state index is 13.0. The van der Waals surface area contributed by atoms with Gasteiger partial charge in [0.15, 0.2) is 0 Å². The SMILES string of the molecule is CCOc1ccc(CNC(=O)[C@H](C)C2CCN(C(=O)c3cc4cc(Cl)ccc4[nH]3)CC2)cc1. The summed E-state index contributed by atoms with van der Waals surface area (Å²) < 4.78 is 5.46. The second-order valence-corrected chi connectivity index (χ2v) is 9.06. The minimum absolute atomic E-state index is 0.00613. The van der Waals surface area contributed by atoms with Crippen LogP contribution in [0.3, 0.4) is 0 Å². The Morgan fingerprint density at radius 1 is 1.15 bits per heavy atom. The largest absolute Gasteiger partial charge is 0.494 e. The van der Waals surface area contributed by atoms with Crippen LogP contribution < -0.4 is 10.1 Å². The third kappa shape index (κ3) is 5.50. The number of amides is 2. The molecule has 2 amide bonds. The Hall–Kier alpha value is -2.99. The van der Waals surface area contributed by atoms with Crippen LogP contribution in [0, 0.1) is 11.8 Å². The van der Waals surface area contributed by atoms with Crippen LogP contribution in [0.4, 0.5) is 0 Å². The lowest BCUT2D eigenvalue weighted by Crippen LogP contribution is -2.42. The third-order valence-corrected chi connectivity index (χ3v) is 6.70. The maximum atomic E-state index is 13.0. The summed E-state index contributed by atoms with van der Waals surface area (Å²) in [5.41, 5.74) is 2.52. The van der Waals surface area contributed by atoms with E-state index in [4.69, 9.17) is 16.3 Å². The van der Waals surface area contributed by atoms with Crippen LogP contribution in [0.25, 0.3) is 10.9 Å². The molecular formula is C26H30ClN3O3. The molecule has 174 valence electrons. The van der Waals surface area contributed by atoms with Crippen molar-refractivity contribution in [1.82, 2.24) is 15.2 Å². The van der Waals surface area contributed by atoms with E-state index in [9.17, 15) is 9.59 Å². The Balaban J connectivity index is 1.27. The molecule has 0 spiro atoms. The van der Waals surface area contributed by atoms with Crippen molar-refractivity contribution >= 4 is 34.3 Å². The van der Waals surface area contributed by atoms with Crippen molar-refractivity contribution in [3.05, 3.63) is 64.8 Å². The van der Waals surface area contributed by atoms with Gasteiger partial charge in [-0.15, -0.1) is 0 Å². The van der Waals surface area contributed by atoms with E-state index in [0.29, 0.717) is 37.0 Å². The van der Waals surface area contributed by atoms with E-state index in [0.717, 1.165) is 35.1 Å². The molecule has 3 aromatic rings. The van der Waals surface area contributed by atoms with E-state index in [1.807, 2.05) is 67.3 Å². The second-order valence-electron chi connectivity index (χ2n) is 8.63. The first-order valence-electron chi connectivity index (χ1n) is 11.5. The zero-order valence-electron chi connectivity index (χ0n) is 19.1. The molecule has 1 saturated heterocycles. The molecule has 6 nitrogen and oxygen atoms in total. The van der Waals surface area contributed by atoms with Crippen molar-refractivity contribution in [3.63, 3.8) is 0 Å². The molecule has 1 atom stereocenters. The first-order valence-corrected chi connectivity index (χ1v) is 11.9. The van der Waals surface area contributed by atoms with Gasteiger partial charge in [-0.1, -0.05) is 30.7 Å². The zero-order valence-corrected chi connectivity index (χ0v) is 19.8. The summed E-state index contributed by atoms with van der Waals surface area (Å²) >= 11 is 6.06. The van der Waals surface area contributed by atoms with Gasteiger partial charge in [-0.2, -0.15) is 0 Å². The van der Waals surface area contributed by atoms with Gasteiger partial charge in [0.1, 0.15) is 11.4 Å². The molecule has 1 aromatic heterocycles. The molecule has 0 aliphatic carbocycles. The average Bonchev–Trinajstić information content (AvgIpc) is 3.26. The number of benzene rings is 2. The fourth-order valence-electron chi connectivity index (χ4n) is 4.43.